The van der Waals surface area contributed by atoms with E-state index in [0.717, 1.165) is 66.8 Å². The van der Waals surface area contributed by atoms with Crippen molar-refractivity contribution in [1.82, 2.24) is 29.9 Å². The molecular weight excluding hydrogens is 613 g/mol. The number of nitrogens with zero attached hydrogens (tertiary/aromatic N) is 6. The Balaban J connectivity index is 1.08. The van der Waals surface area contributed by atoms with E-state index in [1.807, 2.05) is 97.2 Å². The van der Waals surface area contributed by atoms with Gasteiger partial charge in [-0.25, -0.2) is 24.9 Å². The van der Waals surface area contributed by atoms with Crippen LogP contribution in [0, 0.1) is 0 Å². The third kappa shape index (κ3) is 5.55. The average molecular weight is 641 g/mol. The number of hydrogen-bond acceptors (Lipinski definition) is 6. The van der Waals surface area contributed by atoms with Crippen LogP contribution in [-0.2, 0) is 0 Å². The Hall–Kier alpha value is -6.92. The van der Waals surface area contributed by atoms with E-state index >= 15 is 0 Å². The van der Waals surface area contributed by atoms with Crippen LogP contribution in [0.3, 0.4) is 0 Å². The molecule has 50 heavy (non-hydrogen) atoms. The van der Waals surface area contributed by atoms with Crippen LogP contribution < -0.4 is 0 Å². The van der Waals surface area contributed by atoms with Crippen LogP contribution >= 0.6 is 0 Å². The maximum atomic E-state index is 5.10. The Morgan fingerprint density at radius 3 is 1.52 bits per heavy atom. The van der Waals surface area contributed by atoms with Crippen LogP contribution in [0.1, 0.15) is 0 Å². The zero-order chi connectivity index (χ0) is 33.3. The predicted octanol–water partition coefficient (Wildman–Crippen LogP) is 10.4. The van der Waals surface area contributed by atoms with E-state index in [4.69, 9.17) is 24.9 Å². The Morgan fingerprint density at radius 2 is 0.840 bits per heavy atom. The van der Waals surface area contributed by atoms with Gasteiger partial charge < -0.3 is 0 Å². The van der Waals surface area contributed by atoms with Crippen molar-refractivity contribution in [1.29, 1.82) is 0 Å². The molecule has 0 saturated heterocycles. The van der Waals surface area contributed by atoms with E-state index in [2.05, 4.69) is 71.7 Å². The first-order valence-electron chi connectivity index (χ1n) is 16.4. The fourth-order valence-electron chi connectivity index (χ4n) is 6.31. The molecule has 0 atom stereocenters. The van der Waals surface area contributed by atoms with Gasteiger partial charge in [0.15, 0.2) is 17.5 Å². The molecule has 234 valence electrons. The van der Waals surface area contributed by atoms with Crippen LogP contribution in [0.5, 0.6) is 0 Å². The summed E-state index contributed by atoms with van der Waals surface area (Å²) in [5, 5.41) is 3.38. The average Bonchev–Trinajstić information content (AvgIpc) is 3.21. The summed E-state index contributed by atoms with van der Waals surface area (Å²) in [5.74, 6) is 1.83. The van der Waals surface area contributed by atoms with Gasteiger partial charge in [-0.3, -0.25) is 4.98 Å². The summed E-state index contributed by atoms with van der Waals surface area (Å²) in [6, 6.07) is 53.2. The number of rotatable bonds is 6. The van der Waals surface area contributed by atoms with E-state index in [9.17, 15) is 0 Å². The number of pyridine rings is 3. The molecule has 6 heteroatoms. The summed E-state index contributed by atoms with van der Waals surface area (Å²) in [5.41, 5.74) is 9.37. The van der Waals surface area contributed by atoms with E-state index in [1.165, 1.54) is 5.39 Å². The number of aromatic nitrogens is 6. The van der Waals surface area contributed by atoms with Crippen LogP contribution in [-0.4, -0.2) is 29.9 Å². The highest BCUT2D eigenvalue weighted by Gasteiger charge is 2.15. The molecule has 4 heterocycles. The summed E-state index contributed by atoms with van der Waals surface area (Å²) in [7, 11) is 0. The molecule has 0 unspecified atom stereocenters. The lowest BCUT2D eigenvalue weighted by Gasteiger charge is -2.11. The van der Waals surface area contributed by atoms with Gasteiger partial charge in [0.25, 0.3) is 0 Å². The molecule has 0 spiro atoms. The van der Waals surface area contributed by atoms with Crippen molar-refractivity contribution in [3.05, 3.63) is 170 Å². The molecule has 5 aromatic carbocycles. The summed E-state index contributed by atoms with van der Waals surface area (Å²) in [6.07, 6.45) is 3.64. The first-order chi connectivity index (χ1) is 24.8. The second kappa shape index (κ2) is 12.6. The van der Waals surface area contributed by atoms with E-state index in [0.29, 0.717) is 17.5 Å². The quantitative estimate of drug-likeness (QED) is 0.168. The van der Waals surface area contributed by atoms with Crippen molar-refractivity contribution in [3.63, 3.8) is 0 Å². The lowest BCUT2D eigenvalue weighted by molar-refractivity contribution is 1.07. The van der Waals surface area contributed by atoms with Crippen molar-refractivity contribution in [2.45, 2.75) is 0 Å². The summed E-state index contributed by atoms with van der Waals surface area (Å²) in [6.45, 7) is 0. The van der Waals surface area contributed by atoms with Crippen LogP contribution in [0.25, 0.3) is 89.6 Å². The SMILES string of the molecule is c1ccc(-c2nc(-c3ccc(-c4cccnc4)cc3)nc(-c3ccc(-c4cccc(-c5nc6ccccc6c6ccccc56)n4)cc3)n2)cc1. The van der Waals surface area contributed by atoms with Gasteiger partial charge in [-0.1, -0.05) is 133 Å². The molecule has 6 nitrogen and oxygen atoms in total. The minimum absolute atomic E-state index is 0.602. The number of benzene rings is 5. The number of hydrogen-bond donors (Lipinski definition) is 0. The minimum atomic E-state index is 0.602. The molecule has 0 aliphatic heterocycles. The molecule has 0 amide bonds. The number of para-hydroxylation sites is 1. The first kappa shape index (κ1) is 29.2. The zero-order valence-electron chi connectivity index (χ0n) is 26.8. The first-order valence-corrected chi connectivity index (χ1v) is 16.4. The molecule has 9 rings (SSSR count). The third-order valence-corrected chi connectivity index (χ3v) is 8.84. The van der Waals surface area contributed by atoms with Gasteiger partial charge in [0.2, 0.25) is 0 Å². The van der Waals surface area contributed by atoms with Gasteiger partial charge in [-0.15, -0.1) is 0 Å². The highest BCUT2D eigenvalue weighted by molar-refractivity contribution is 6.10. The number of fused-ring (bicyclic) bond motifs is 3. The molecule has 0 radical (unpaired) electrons. The standard InChI is InChI=1S/C44H28N6/c1-2-10-31(11-3-1)42-48-43(32-23-19-29(20-24-32)34-12-9-27-45-28-34)50-44(49-42)33-25-21-30(22-26-33)38-17-8-18-40(46-38)41-37-15-5-4-13-35(37)36-14-6-7-16-39(36)47-41/h1-28H. The molecule has 0 saturated carbocycles. The fourth-order valence-corrected chi connectivity index (χ4v) is 6.31. The lowest BCUT2D eigenvalue weighted by atomic mass is 10.0. The molecule has 0 fully saturated rings. The summed E-state index contributed by atoms with van der Waals surface area (Å²) >= 11 is 0. The fraction of sp³-hybridized carbons (Fsp3) is 0. The summed E-state index contributed by atoms with van der Waals surface area (Å²) < 4.78 is 0. The van der Waals surface area contributed by atoms with Gasteiger partial charge in [0.05, 0.1) is 22.6 Å². The Bertz CT molecular complexity index is 2620. The van der Waals surface area contributed by atoms with Crippen LogP contribution in [0.2, 0.25) is 0 Å². The Labute approximate surface area is 288 Å². The Kier molecular flexibility index (Phi) is 7.37. The minimum Gasteiger partial charge on any atom is -0.264 e. The monoisotopic (exact) mass is 640 g/mol. The normalized spacial score (nSPS) is 11.2. The van der Waals surface area contributed by atoms with Gasteiger partial charge in [0.1, 0.15) is 0 Å². The van der Waals surface area contributed by atoms with Crippen molar-refractivity contribution in [2.24, 2.45) is 0 Å². The van der Waals surface area contributed by atoms with E-state index < -0.39 is 0 Å². The Morgan fingerprint density at radius 1 is 0.300 bits per heavy atom. The summed E-state index contributed by atoms with van der Waals surface area (Å²) in [4.78, 5) is 29.2. The lowest BCUT2D eigenvalue weighted by Crippen LogP contribution is -2.00. The zero-order valence-corrected chi connectivity index (χ0v) is 26.8. The topological polar surface area (TPSA) is 77.3 Å². The second-order valence-electron chi connectivity index (χ2n) is 12.0. The molecular formula is C44H28N6. The highest BCUT2D eigenvalue weighted by atomic mass is 15.0. The molecule has 0 N–H and O–H groups in total. The predicted molar refractivity (Wildman–Crippen MR) is 201 cm³/mol. The molecule has 9 aromatic rings. The smallest absolute Gasteiger partial charge is 0.164 e. The van der Waals surface area contributed by atoms with Crippen LogP contribution in [0.4, 0.5) is 0 Å². The van der Waals surface area contributed by atoms with Gasteiger partial charge in [-0.05, 0) is 40.8 Å². The molecule has 0 bridgehead atoms. The molecule has 0 aliphatic rings. The largest absolute Gasteiger partial charge is 0.264 e. The van der Waals surface area contributed by atoms with Gasteiger partial charge >= 0.3 is 0 Å². The third-order valence-electron chi connectivity index (χ3n) is 8.84. The second-order valence-corrected chi connectivity index (χ2v) is 12.0. The molecule has 4 aromatic heterocycles. The highest BCUT2D eigenvalue weighted by Crippen LogP contribution is 2.33. The van der Waals surface area contributed by atoms with Crippen molar-refractivity contribution in [2.75, 3.05) is 0 Å². The van der Waals surface area contributed by atoms with Gasteiger partial charge in [-0.2, -0.15) is 0 Å². The van der Waals surface area contributed by atoms with Gasteiger partial charge in [0, 0.05) is 45.4 Å². The van der Waals surface area contributed by atoms with Crippen molar-refractivity contribution >= 4 is 21.7 Å². The van der Waals surface area contributed by atoms with E-state index in [-0.39, 0.29) is 0 Å². The van der Waals surface area contributed by atoms with Crippen LogP contribution in [0.15, 0.2) is 170 Å². The maximum absolute atomic E-state index is 5.10. The van der Waals surface area contributed by atoms with Crippen molar-refractivity contribution < 1.29 is 0 Å². The maximum Gasteiger partial charge on any atom is 0.164 e. The van der Waals surface area contributed by atoms with E-state index in [1.54, 1.807) is 6.20 Å². The molecule has 0 aliphatic carbocycles. The van der Waals surface area contributed by atoms with Crippen molar-refractivity contribution in [3.8, 4) is 67.9 Å².